The lowest BCUT2D eigenvalue weighted by Gasteiger charge is -2.17. The summed E-state index contributed by atoms with van der Waals surface area (Å²) < 4.78 is 0.732. The summed E-state index contributed by atoms with van der Waals surface area (Å²) in [6.45, 7) is 2.77. The molecule has 0 aromatic heterocycles. The highest BCUT2D eigenvalue weighted by atomic mass is 127. The largest absolute Gasteiger partial charge is 0.342 e. The average Bonchev–Trinajstić information content (AvgIpc) is 2.38. The molecule has 1 amide bonds. The van der Waals surface area contributed by atoms with E-state index in [0.717, 1.165) is 22.8 Å². The second-order valence-corrected chi connectivity index (χ2v) is 5.52. The number of hydrogen-bond donors (Lipinski definition) is 0. The Morgan fingerprint density at radius 1 is 1.42 bits per heavy atom. The Morgan fingerprint density at radius 2 is 2.11 bits per heavy atom. The van der Waals surface area contributed by atoms with Crippen LogP contribution in [0.5, 0.6) is 0 Å². The van der Waals surface area contributed by atoms with Gasteiger partial charge >= 0.3 is 0 Å². The SMILES string of the molecule is CCCCCN(C)C(=O)c1cc([N+](=O)[O-])ccc1I. The van der Waals surface area contributed by atoms with Crippen molar-refractivity contribution in [1.29, 1.82) is 0 Å². The van der Waals surface area contributed by atoms with Crippen LogP contribution in [0.4, 0.5) is 5.69 Å². The summed E-state index contributed by atoms with van der Waals surface area (Å²) in [6.07, 6.45) is 3.12. The summed E-state index contributed by atoms with van der Waals surface area (Å²) in [4.78, 5) is 24.1. The summed E-state index contributed by atoms with van der Waals surface area (Å²) >= 11 is 2.02. The molecule has 0 saturated heterocycles. The van der Waals surface area contributed by atoms with Gasteiger partial charge in [0.05, 0.1) is 10.5 Å². The van der Waals surface area contributed by atoms with E-state index in [1.54, 1.807) is 18.0 Å². The van der Waals surface area contributed by atoms with Gasteiger partial charge in [-0.05, 0) is 35.1 Å². The zero-order valence-corrected chi connectivity index (χ0v) is 13.2. The molecule has 0 aliphatic carbocycles. The van der Waals surface area contributed by atoms with Gasteiger partial charge < -0.3 is 4.90 Å². The van der Waals surface area contributed by atoms with Crippen LogP contribution in [0.15, 0.2) is 18.2 Å². The van der Waals surface area contributed by atoms with Crippen molar-refractivity contribution >= 4 is 34.2 Å². The van der Waals surface area contributed by atoms with E-state index < -0.39 is 4.92 Å². The number of benzene rings is 1. The molecule has 0 fully saturated rings. The zero-order chi connectivity index (χ0) is 14.4. The molecule has 0 saturated carbocycles. The quantitative estimate of drug-likeness (QED) is 0.331. The van der Waals surface area contributed by atoms with Crippen LogP contribution in [0, 0.1) is 13.7 Å². The van der Waals surface area contributed by atoms with E-state index in [0.29, 0.717) is 12.1 Å². The van der Waals surface area contributed by atoms with Crippen molar-refractivity contribution in [3.05, 3.63) is 37.4 Å². The van der Waals surface area contributed by atoms with Crippen molar-refractivity contribution in [2.75, 3.05) is 13.6 Å². The Bertz CT molecular complexity index is 477. The standard InChI is InChI=1S/C13H17IN2O3/c1-3-4-5-8-15(2)13(17)11-9-10(16(18)19)6-7-12(11)14/h6-7,9H,3-5,8H2,1-2H3. The van der Waals surface area contributed by atoms with Crippen molar-refractivity contribution in [2.45, 2.75) is 26.2 Å². The van der Waals surface area contributed by atoms with Gasteiger partial charge in [-0.15, -0.1) is 0 Å². The van der Waals surface area contributed by atoms with Gasteiger partial charge in [-0.1, -0.05) is 19.8 Å². The van der Waals surface area contributed by atoms with E-state index in [1.165, 1.54) is 12.1 Å². The van der Waals surface area contributed by atoms with Gasteiger partial charge in [-0.3, -0.25) is 14.9 Å². The number of nitro groups is 1. The highest BCUT2D eigenvalue weighted by molar-refractivity contribution is 14.1. The minimum atomic E-state index is -0.482. The van der Waals surface area contributed by atoms with Gasteiger partial charge in [-0.25, -0.2) is 0 Å². The monoisotopic (exact) mass is 376 g/mol. The molecular weight excluding hydrogens is 359 g/mol. The number of carbonyl (C=O) groups excluding carboxylic acids is 1. The molecule has 1 aromatic rings. The van der Waals surface area contributed by atoms with Crippen LogP contribution in [0.3, 0.4) is 0 Å². The molecule has 104 valence electrons. The summed E-state index contributed by atoms with van der Waals surface area (Å²) in [5.41, 5.74) is 0.347. The van der Waals surface area contributed by atoms with Crippen LogP contribution >= 0.6 is 22.6 Å². The number of nitrogens with zero attached hydrogens (tertiary/aromatic N) is 2. The molecule has 0 heterocycles. The fraction of sp³-hybridized carbons (Fsp3) is 0.462. The number of amides is 1. The summed E-state index contributed by atoms with van der Waals surface area (Å²) in [5, 5.41) is 10.7. The molecular formula is C13H17IN2O3. The lowest BCUT2D eigenvalue weighted by Crippen LogP contribution is -2.28. The molecule has 0 atom stereocenters. The Labute approximate surface area is 126 Å². The third-order valence-electron chi connectivity index (χ3n) is 2.83. The van der Waals surface area contributed by atoms with Crippen molar-refractivity contribution < 1.29 is 9.72 Å². The topological polar surface area (TPSA) is 63.5 Å². The second kappa shape index (κ2) is 7.42. The number of nitro benzene ring substituents is 1. The molecule has 0 N–H and O–H groups in total. The van der Waals surface area contributed by atoms with Gasteiger partial charge in [0.15, 0.2) is 0 Å². The number of halogens is 1. The first kappa shape index (κ1) is 15.9. The molecule has 0 radical (unpaired) electrons. The maximum atomic E-state index is 12.2. The first-order valence-electron chi connectivity index (χ1n) is 6.16. The fourth-order valence-electron chi connectivity index (χ4n) is 1.70. The van der Waals surface area contributed by atoms with Gasteiger partial charge in [-0.2, -0.15) is 0 Å². The number of carbonyl (C=O) groups is 1. The van der Waals surface area contributed by atoms with E-state index in [2.05, 4.69) is 6.92 Å². The van der Waals surface area contributed by atoms with Gasteiger partial charge in [0.2, 0.25) is 0 Å². The maximum Gasteiger partial charge on any atom is 0.270 e. The zero-order valence-electron chi connectivity index (χ0n) is 11.1. The molecule has 1 rings (SSSR count). The summed E-state index contributed by atoms with van der Waals surface area (Å²) in [6, 6.07) is 4.36. The summed E-state index contributed by atoms with van der Waals surface area (Å²) in [7, 11) is 1.73. The number of non-ortho nitro benzene ring substituents is 1. The molecule has 1 aromatic carbocycles. The van der Waals surface area contributed by atoms with Crippen LogP contribution in [0.1, 0.15) is 36.5 Å². The molecule has 5 nitrogen and oxygen atoms in total. The molecule has 0 spiro atoms. The van der Waals surface area contributed by atoms with Crippen molar-refractivity contribution in [2.24, 2.45) is 0 Å². The van der Waals surface area contributed by atoms with Crippen LogP contribution in [0.25, 0.3) is 0 Å². The van der Waals surface area contributed by atoms with Crippen molar-refractivity contribution in [3.63, 3.8) is 0 Å². The predicted molar refractivity (Wildman–Crippen MR) is 82.3 cm³/mol. The van der Waals surface area contributed by atoms with E-state index in [1.807, 2.05) is 22.6 Å². The smallest absolute Gasteiger partial charge is 0.270 e. The van der Waals surface area contributed by atoms with Gasteiger partial charge in [0.25, 0.3) is 11.6 Å². The highest BCUT2D eigenvalue weighted by Crippen LogP contribution is 2.20. The lowest BCUT2D eigenvalue weighted by atomic mass is 10.1. The molecule has 0 bridgehead atoms. The fourth-order valence-corrected chi connectivity index (χ4v) is 2.26. The molecule has 0 unspecified atom stereocenters. The lowest BCUT2D eigenvalue weighted by molar-refractivity contribution is -0.384. The molecule has 6 heteroatoms. The van der Waals surface area contributed by atoms with E-state index in [-0.39, 0.29) is 11.6 Å². The van der Waals surface area contributed by atoms with Crippen LogP contribution in [-0.4, -0.2) is 29.3 Å². The number of unbranched alkanes of at least 4 members (excludes halogenated alkanes) is 2. The highest BCUT2D eigenvalue weighted by Gasteiger charge is 2.18. The Kier molecular flexibility index (Phi) is 6.20. The maximum absolute atomic E-state index is 12.2. The summed E-state index contributed by atoms with van der Waals surface area (Å²) in [5.74, 6) is -0.163. The third-order valence-corrected chi connectivity index (χ3v) is 3.78. The van der Waals surface area contributed by atoms with Crippen LogP contribution in [0.2, 0.25) is 0 Å². The minimum absolute atomic E-state index is 0.0503. The predicted octanol–water partition coefficient (Wildman–Crippen LogP) is 3.46. The van der Waals surface area contributed by atoms with Gasteiger partial charge in [0, 0.05) is 29.3 Å². The van der Waals surface area contributed by atoms with E-state index in [9.17, 15) is 14.9 Å². The van der Waals surface area contributed by atoms with E-state index in [4.69, 9.17) is 0 Å². The van der Waals surface area contributed by atoms with Gasteiger partial charge in [0.1, 0.15) is 0 Å². The van der Waals surface area contributed by atoms with Crippen LogP contribution < -0.4 is 0 Å². The minimum Gasteiger partial charge on any atom is -0.342 e. The molecule has 0 aliphatic heterocycles. The Morgan fingerprint density at radius 3 is 2.68 bits per heavy atom. The normalized spacial score (nSPS) is 10.3. The third kappa shape index (κ3) is 4.45. The van der Waals surface area contributed by atoms with Crippen LogP contribution in [-0.2, 0) is 0 Å². The molecule has 19 heavy (non-hydrogen) atoms. The first-order chi connectivity index (χ1) is 8.97. The second-order valence-electron chi connectivity index (χ2n) is 4.36. The van der Waals surface area contributed by atoms with E-state index >= 15 is 0 Å². The number of rotatable bonds is 6. The first-order valence-corrected chi connectivity index (χ1v) is 7.24. The number of hydrogen-bond acceptors (Lipinski definition) is 3. The van der Waals surface area contributed by atoms with Crippen molar-refractivity contribution in [3.8, 4) is 0 Å². The Balaban J connectivity index is 2.86. The average molecular weight is 376 g/mol. The Hall–Kier alpha value is -1.18. The molecule has 0 aliphatic rings. The van der Waals surface area contributed by atoms with Crippen molar-refractivity contribution in [1.82, 2.24) is 4.90 Å².